The van der Waals surface area contributed by atoms with Crippen molar-refractivity contribution in [3.63, 3.8) is 0 Å². The second-order valence-corrected chi connectivity index (χ2v) is 3.61. The van der Waals surface area contributed by atoms with E-state index in [0.29, 0.717) is 12.5 Å². The minimum absolute atomic E-state index is 0.0359. The summed E-state index contributed by atoms with van der Waals surface area (Å²) in [6.45, 7) is 4.59. The summed E-state index contributed by atoms with van der Waals surface area (Å²) in [4.78, 5) is 17.8. The SMILES string of the molecule is COc1ncnc(NCC(C)C)c1[N+](=O)[O-]. The van der Waals surface area contributed by atoms with Gasteiger partial charge in [-0.25, -0.2) is 4.98 Å². The Morgan fingerprint density at radius 3 is 2.75 bits per heavy atom. The Kier molecular flexibility index (Phi) is 3.98. The summed E-state index contributed by atoms with van der Waals surface area (Å²) >= 11 is 0. The highest BCUT2D eigenvalue weighted by molar-refractivity contribution is 5.60. The Balaban J connectivity index is 3.02. The summed E-state index contributed by atoms with van der Waals surface area (Å²) in [6, 6.07) is 0. The molecule has 0 aliphatic carbocycles. The lowest BCUT2D eigenvalue weighted by molar-refractivity contribution is -0.385. The molecule has 1 aromatic heterocycles. The van der Waals surface area contributed by atoms with E-state index < -0.39 is 4.92 Å². The van der Waals surface area contributed by atoms with Crippen LogP contribution in [0.5, 0.6) is 5.88 Å². The molecule has 7 heteroatoms. The van der Waals surface area contributed by atoms with E-state index in [1.165, 1.54) is 13.4 Å². The summed E-state index contributed by atoms with van der Waals surface area (Å²) in [5, 5.41) is 13.7. The predicted molar refractivity (Wildman–Crippen MR) is 58.6 cm³/mol. The van der Waals surface area contributed by atoms with Crippen LogP contribution in [0.3, 0.4) is 0 Å². The number of nitrogens with one attached hydrogen (secondary N) is 1. The molecule has 1 heterocycles. The van der Waals surface area contributed by atoms with Crippen LogP contribution in [-0.4, -0.2) is 28.5 Å². The Bertz CT molecular complexity index is 381. The van der Waals surface area contributed by atoms with Gasteiger partial charge in [-0.1, -0.05) is 13.8 Å². The first-order chi connectivity index (χ1) is 7.56. The third kappa shape index (κ3) is 2.78. The number of ether oxygens (including phenoxy) is 1. The average Bonchev–Trinajstić information content (AvgIpc) is 2.25. The molecule has 0 saturated carbocycles. The summed E-state index contributed by atoms with van der Waals surface area (Å²) in [5.74, 6) is 0.511. The van der Waals surface area contributed by atoms with Crippen LogP contribution in [0.1, 0.15) is 13.8 Å². The smallest absolute Gasteiger partial charge is 0.372 e. The third-order valence-electron chi connectivity index (χ3n) is 1.84. The molecule has 0 aliphatic rings. The molecule has 1 aromatic rings. The number of aromatic nitrogens is 2. The summed E-state index contributed by atoms with van der Waals surface area (Å²) in [7, 11) is 1.33. The van der Waals surface area contributed by atoms with Crippen molar-refractivity contribution in [1.82, 2.24) is 9.97 Å². The van der Waals surface area contributed by atoms with Gasteiger partial charge in [0, 0.05) is 6.54 Å². The molecule has 0 aliphatic heterocycles. The number of anilines is 1. The molecule has 0 atom stereocenters. The van der Waals surface area contributed by atoms with Gasteiger partial charge in [0.05, 0.1) is 12.0 Å². The number of nitro groups is 1. The van der Waals surface area contributed by atoms with Crippen LogP contribution in [0.15, 0.2) is 6.33 Å². The molecule has 0 bridgehead atoms. The van der Waals surface area contributed by atoms with Crippen molar-refractivity contribution < 1.29 is 9.66 Å². The van der Waals surface area contributed by atoms with Crippen LogP contribution in [-0.2, 0) is 0 Å². The molecule has 0 radical (unpaired) electrons. The molecule has 0 amide bonds. The fourth-order valence-corrected chi connectivity index (χ4v) is 1.11. The largest absolute Gasteiger partial charge is 0.476 e. The second-order valence-electron chi connectivity index (χ2n) is 3.61. The molecule has 1 rings (SSSR count). The van der Waals surface area contributed by atoms with Gasteiger partial charge in [-0.05, 0) is 5.92 Å². The molecular formula is C9H14N4O3. The number of nitrogens with zero attached hydrogens (tertiary/aromatic N) is 3. The van der Waals surface area contributed by atoms with E-state index in [0.717, 1.165) is 0 Å². The van der Waals surface area contributed by atoms with Crippen LogP contribution < -0.4 is 10.1 Å². The van der Waals surface area contributed by atoms with Gasteiger partial charge < -0.3 is 10.1 Å². The molecule has 0 saturated heterocycles. The van der Waals surface area contributed by atoms with E-state index in [2.05, 4.69) is 15.3 Å². The molecule has 0 unspecified atom stereocenters. The molecule has 0 aromatic carbocycles. The molecule has 88 valence electrons. The highest BCUT2D eigenvalue weighted by Gasteiger charge is 2.23. The molecular weight excluding hydrogens is 212 g/mol. The third-order valence-corrected chi connectivity index (χ3v) is 1.84. The van der Waals surface area contributed by atoms with Crippen molar-refractivity contribution in [1.29, 1.82) is 0 Å². The minimum atomic E-state index is -0.554. The lowest BCUT2D eigenvalue weighted by Crippen LogP contribution is -2.11. The number of rotatable bonds is 5. The molecule has 1 N–H and O–H groups in total. The zero-order valence-corrected chi connectivity index (χ0v) is 9.43. The first kappa shape index (κ1) is 12.2. The van der Waals surface area contributed by atoms with Crippen molar-refractivity contribution in [3.05, 3.63) is 16.4 Å². The van der Waals surface area contributed by atoms with Crippen LogP contribution >= 0.6 is 0 Å². The predicted octanol–water partition coefficient (Wildman–Crippen LogP) is 1.46. The Labute approximate surface area is 93.0 Å². The van der Waals surface area contributed by atoms with Crippen LogP contribution in [0, 0.1) is 16.0 Å². The van der Waals surface area contributed by atoms with Gasteiger partial charge in [0.1, 0.15) is 6.33 Å². The van der Waals surface area contributed by atoms with E-state index in [4.69, 9.17) is 4.74 Å². The zero-order valence-electron chi connectivity index (χ0n) is 9.43. The number of hydrogen-bond acceptors (Lipinski definition) is 6. The fraction of sp³-hybridized carbons (Fsp3) is 0.556. The molecule has 7 nitrogen and oxygen atoms in total. The van der Waals surface area contributed by atoms with Crippen molar-refractivity contribution in [2.24, 2.45) is 5.92 Å². The lowest BCUT2D eigenvalue weighted by atomic mass is 10.2. The maximum atomic E-state index is 10.9. The van der Waals surface area contributed by atoms with E-state index in [1.54, 1.807) is 0 Å². The fourth-order valence-electron chi connectivity index (χ4n) is 1.11. The minimum Gasteiger partial charge on any atom is -0.476 e. The summed E-state index contributed by atoms with van der Waals surface area (Å²) in [5.41, 5.74) is -0.231. The highest BCUT2D eigenvalue weighted by atomic mass is 16.6. The highest BCUT2D eigenvalue weighted by Crippen LogP contribution is 2.30. The number of methoxy groups -OCH3 is 1. The van der Waals surface area contributed by atoms with Crippen LogP contribution in [0.4, 0.5) is 11.5 Å². The van der Waals surface area contributed by atoms with Gasteiger partial charge in [0.2, 0.25) is 5.82 Å². The van der Waals surface area contributed by atoms with Gasteiger partial charge in [0.15, 0.2) is 0 Å². The topological polar surface area (TPSA) is 90.2 Å². The van der Waals surface area contributed by atoms with Crippen molar-refractivity contribution >= 4 is 11.5 Å². The van der Waals surface area contributed by atoms with Gasteiger partial charge in [-0.3, -0.25) is 10.1 Å². The van der Waals surface area contributed by atoms with Crippen LogP contribution in [0.2, 0.25) is 0 Å². The standard InChI is InChI=1S/C9H14N4O3/c1-6(2)4-10-8-7(13(14)15)9(16-3)12-5-11-8/h5-6H,4H2,1-3H3,(H,10,11,12). The maximum Gasteiger partial charge on any atom is 0.372 e. The van der Waals surface area contributed by atoms with Gasteiger partial charge in [-0.15, -0.1) is 0 Å². The first-order valence-corrected chi connectivity index (χ1v) is 4.83. The first-order valence-electron chi connectivity index (χ1n) is 4.83. The molecule has 16 heavy (non-hydrogen) atoms. The maximum absolute atomic E-state index is 10.9. The average molecular weight is 226 g/mol. The zero-order chi connectivity index (χ0) is 12.1. The van der Waals surface area contributed by atoms with E-state index >= 15 is 0 Å². The van der Waals surface area contributed by atoms with E-state index in [1.807, 2.05) is 13.8 Å². The van der Waals surface area contributed by atoms with Crippen molar-refractivity contribution in [2.45, 2.75) is 13.8 Å². The second kappa shape index (κ2) is 5.24. The summed E-state index contributed by atoms with van der Waals surface area (Å²) in [6.07, 6.45) is 1.23. The quantitative estimate of drug-likeness (QED) is 0.603. The Morgan fingerprint density at radius 2 is 2.25 bits per heavy atom. The number of hydrogen-bond donors (Lipinski definition) is 1. The summed E-state index contributed by atoms with van der Waals surface area (Å²) < 4.78 is 4.82. The van der Waals surface area contributed by atoms with Crippen LogP contribution in [0.25, 0.3) is 0 Å². The van der Waals surface area contributed by atoms with Gasteiger partial charge in [-0.2, -0.15) is 4.98 Å². The van der Waals surface area contributed by atoms with Gasteiger partial charge in [0.25, 0.3) is 5.88 Å². The van der Waals surface area contributed by atoms with Gasteiger partial charge >= 0.3 is 5.69 Å². The normalized spacial score (nSPS) is 10.2. The lowest BCUT2D eigenvalue weighted by Gasteiger charge is -2.09. The van der Waals surface area contributed by atoms with Crippen molar-refractivity contribution in [2.75, 3.05) is 19.0 Å². The van der Waals surface area contributed by atoms with E-state index in [9.17, 15) is 10.1 Å². The Hall–Kier alpha value is -1.92. The Morgan fingerprint density at radius 1 is 1.56 bits per heavy atom. The molecule has 0 fully saturated rings. The van der Waals surface area contributed by atoms with E-state index in [-0.39, 0.29) is 17.4 Å². The van der Waals surface area contributed by atoms with Crippen molar-refractivity contribution in [3.8, 4) is 5.88 Å². The molecule has 0 spiro atoms. The monoisotopic (exact) mass is 226 g/mol.